The Morgan fingerprint density at radius 3 is 3.09 bits per heavy atom. The maximum absolute atomic E-state index is 11.9. The number of hydrogen-bond acceptors (Lipinski definition) is 4. The molecule has 124 valence electrons. The van der Waals surface area contributed by atoms with Crippen LogP contribution >= 0.6 is 0 Å². The highest BCUT2D eigenvalue weighted by molar-refractivity contribution is 5.89. The molecule has 0 spiro atoms. The molecule has 1 aliphatic heterocycles. The van der Waals surface area contributed by atoms with Crippen LogP contribution in [-0.4, -0.2) is 56.3 Å². The van der Waals surface area contributed by atoms with Crippen LogP contribution in [0.15, 0.2) is 36.9 Å². The van der Waals surface area contributed by atoms with Gasteiger partial charge in [-0.25, -0.2) is 4.79 Å². The SMILES string of the molecule is C=CC(=O)N1CCOC(CNC(=O)Nc2cccc(OC)c2)C1. The first-order valence-electron chi connectivity index (χ1n) is 7.34. The van der Waals surface area contributed by atoms with Crippen molar-refractivity contribution in [2.75, 3.05) is 38.7 Å². The van der Waals surface area contributed by atoms with Crippen molar-refractivity contribution >= 4 is 17.6 Å². The Hall–Kier alpha value is -2.54. The molecule has 1 aliphatic rings. The molecule has 0 bridgehead atoms. The first-order chi connectivity index (χ1) is 11.1. The van der Waals surface area contributed by atoms with Gasteiger partial charge in [0.2, 0.25) is 5.91 Å². The van der Waals surface area contributed by atoms with Crippen molar-refractivity contribution in [2.45, 2.75) is 6.10 Å². The molecule has 2 N–H and O–H groups in total. The van der Waals surface area contributed by atoms with Gasteiger partial charge in [0, 0.05) is 31.4 Å². The third-order valence-electron chi connectivity index (χ3n) is 3.44. The molecule has 1 saturated heterocycles. The van der Waals surface area contributed by atoms with Crippen LogP contribution in [0.25, 0.3) is 0 Å². The Morgan fingerprint density at radius 2 is 2.35 bits per heavy atom. The van der Waals surface area contributed by atoms with Crippen molar-refractivity contribution in [3.8, 4) is 5.75 Å². The predicted octanol–water partition coefficient (Wildman–Crippen LogP) is 1.23. The summed E-state index contributed by atoms with van der Waals surface area (Å²) in [6, 6.07) is 6.74. The van der Waals surface area contributed by atoms with Crippen LogP contribution < -0.4 is 15.4 Å². The quantitative estimate of drug-likeness (QED) is 0.800. The minimum atomic E-state index is -0.339. The summed E-state index contributed by atoms with van der Waals surface area (Å²) in [5, 5.41) is 5.46. The number of amides is 3. The lowest BCUT2D eigenvalue weighted by Gasteiger charge is -2.32. The number of nitrogens with zero attached hydrogens (tertiary/aromatic N) is 1. The molecule has 3 amide bonds. The molecule has 0 saturated carbocycles. The Bertz CT molecular complexity index is 576. The number of carbonyl (C=O) groups is 2. The van der Waals surface area contributed by atoms with Gasteiger partial charge in [-0.05, 0) is 18.2 Å². The Labute approximate surface area is 135 Å². The van der Waals surface area contributed by atoms with Crippen LogP contribution in [0.2, 0.25) is 0 Å². The predicted molar refractivity (Wildman–Crippen MR) is 86.5 cm³/mol. The van der Waals surface area contributed by atoms with Crippen LogP contribution in [0, 0.1) is 0 Å². The molecule has 0 aliphatic carbocycles. The fraction of sp³-hybridized carbons (Fsp3) is 0.375. The first-order valence-corrected chi connectivity index (χ1v) is 7.34. The van der Waals surface area contributed by atoms with Crippen molar-refractivity contribution in [1.82, 2.24) is 10.2 Å². The van der Waals surface area contributed by atoms with E-state index in [-0.39, 0.29) is 18.0 Å². The van der Waals surface area contributed by atoms with Crippen molar-refractivity contribution in [3.05, 3.63) is 36.9 Å². The van der Waals surface area contributed by atoms with Crippen LogP contribution in [0.5, 0.6) is 5.75 Å². The van der Waals surface area contributed by atoms with E-state index in [2.05, 4.69) is 17.2 Å². The summed E-state index contributed by atoms with van der Waals surface area (Å²) in [6.45, 7) is 5.21. The molecule has 1 fully saturated rings. The molecule has 7 nitrogen and oxygen atoms in total. The second kappa shape index (κ2) is 8.19. The highest BCUT2D eigenvalue weighted by atomic mass is 16.5. The van der Waals surface area contributed by atoms with Crippen molar-refractivity contribution in [2.24, 2.45) is 0 Å². The molecule has 1 aromatic carbocycles. The fourth-order valence-corrected chi connectivity index (χ4v) is 2.25. The van der Waals surface area contributed by atoms with E-state index in [1.165, 1.54) is 6.08 Å². The Balaban J connectivity index is 1.79. The van der Waals surface area contributed by atoms with Gasteiger partial charge in [-0.3, -0.25) is 4.79 Å². The van der Waals surface area contributed by atoms with Gasteiger partial charge in [-0.1, -0.05) is 12.6 Å². The number of urea groups is 1. The van der Waals surface area contributed by atoms with Crippen LogP contribution in [0.3, 0.4) is 0 Å². The zero-order valence-corrected chi connectivity index (χ0v) is 13.1. The van der Waals surface area contributed by atoms with Crippen molar-refractivity contribution < 1.29 is 19.1 Å². The maximum Gasteiger partial charge on any atom is 0.319 e. The molecule has 0 radical (unpaired) electrons. The van der Waals surface area contributed by atoms with E-state index in [9.17, 15) is 9.59 Å². The van der Waals surface area contributed by atoms with Crippen LogP contribution in [0.1, 0.15) is 0 Å². The minimum Gasteiger partial charge on any atom is -0.497 e. The Morgan fingerprint density at radius 1 is 1.52 bits per heavy atom. The molecule has 7 heteroatoms. The molecule has 23 heavy (non-hydrogen) atoms. The Kier molecular flexibility index (Phi) is 5.99. The zero-order chi connectivity index (χ0) is 16.7. The average molecular weight is 319 g/mol. The van der Waals surface area contributed by atoms with Gasteiger partial charge in [0.25, 0.3) is 0 Å². The number of rotatable bonds is 5. The topological polar surface area (TPSA) is 79.9 Å². The molecule has 1 heterocycles. The first kappa shape index (κ1) is 16.8. The monoisotopic (exact) mass is 319 g/mol. The van der Waals surface area contributed by atoms with Gasteiger partial charge in [0.05, 0.1) is 19.8 Å². The lowest BCUT2D eigenvalue weighted by atomic mass is 10.2. The molecular formula is C16H21N3O4. The van der Waals surface area contributed by atoms with E-state index >= 15 is 0 Å². The third-order valence-corrected chi connectivity index (χ3v) is 3.44. The van der Waals surface area contributed by atoms with Gasteiger partial charge >= 0.3 is 6.03 Å². The largest absolute Gasteiger partial charge is 0.497 e. The molecule has 0 aromatic heterocycles. The number of benzene rings is 1. The smallest absolute Gasteiger partial charge is 0.319 e. The summed E-state index contributed by atoms with van der Waals surface area (Å²) in [5.41, 5.74) is 0.634. The highest BCUT2D eigenvalue weighted by Crippen LogP contribution is 2.16. The number of methoxy groups -OCH3 is 1. The number of anilines is 1. The number of hydrogen-bond donors (Lipinski definition) is 2. The van der Waals surface area contributed by atoms with Crippen molar-refractivity contribution in [1.29, 1.82) is 0 Å². The summed E-state index contributed by atoms with van der Waals surface area (Å²) in [7, 11) is 1.57. The van der Waals surface area contributed by atoms with Gasteiger partial charge in [0.1, 0.15) is 5.75 Å². The number of carbonyl (C=O) groups excluding carboxylic acids is 2. The van der Waals surface area contributed by atoms with E-state index in [0.29, 0.717) is 37.7 Å². The number of ether oxygens (including phenoxy) is 2. The normalized spacial score (nSPS) is 17.3. The summed E-state index contributed by atoms with van der Waals surface area (Å²) in [5.74, 6) is 0.538. The van der Waals surface area contributed by atoms with E-state index in [4.69, 9.17) is 9.47 Å². The van der Waals surface area contributed by atoms with Crippen LogP contribution in [0.4, 0.5) is 10.5 Å². The average Bonchev–Trinajstić information content (AvgIpc) is 2.59. The molecular weight excluding hydrogens is 298 g/mol. The third kappa shape index (κ3) is 5.00. The molecule has 1 aromatic rings. The second-order valence-electron chi connectivity index (χ2n) is 5.05. The number of morpholine rings is 1. The summed E-state index contributed by atoms with van der Waals surface area (Å²) >= 11 is 0. The molecule has 1 unspecified atom stereocenters. The van der Waals surface area contributed by atoms with Crippen LogP contribution in [-0.2, 0) is 9.53 Å². The maximum atomic E-state index is 11.9. The highest BCUT2D eigenvalue weighted by Gasteiger charge is 2.23. The molecule has 1 atom stereocenters. The summed E-state index contributed by atoms with van der Waals surface area (Å²) in [6.07, 6.45) is 1.05. The lowest BCUT2D eigenvalue weighted by molar-refractivity contribution is -0.133. The second-order valence-corrected chi connectivity index (χ2v) is 5.05. The minimum absolute atomic E-state index is 0.126. The zero-order valence-electron chi connectivity index (χ0n) is 13.1. The van der Waals surface area contributed by atoms with Crippen molar-refractivity contribution in [3.63, 3.8) is 0 Å². The van der Waals surface area contributed by atoms with E-state index in [1.807, 2.05) is 0 Å². The number of nitrogens with one attached hydrogen (secondary N) is 2. The fourth-order valence-electron chi connectivity index (χ4n) is 2.25. The van der Waals surface area contributed by atoms with E-state index in [1.54, 1.807) is 36.3 Å². The lowest BCUT2D eigenvalue weighted by Crippen LogP contribution is -2.49. The van der Waals surface area contributed by atoms with Gasteiger partial charge in [-0.2, -0.15) is 0 Å². The molecule has 2 rings (SSSR count). The van der Waals surface area contributed by atoms with Gasteiger partial charge < -0.3 is 25.0 Å². The van der Waals surface area contributed by atoms with Gasteiger partial charge in [-0.15, -0.1) is 0 Å². The van der Waals surface area contributed by atoms with E-state index < -0.39 is 0 Å². The summed E-state index contributed by atoms with van der Waals surface area (Å²) < 4.78 is 10.6. The van der Waals surface area contributed by atoms with E-state index in [0.717, 1.165) is 0 Å². The standard InChI is InChI=1S/C16H21N3O4/c1-3-15(20)19-7-8-23-14(11-19)10-17-16(21)18-12-5-4-6-13(9-12)22-2/h3-6,9,14H,1,7-8,10-11H2,2H3,(H2,17,18,21). The van der Waals surface area contributed by atoms with Gasteiger partial charge in [0.15, 0.2) is 0 Å². The summed E-state index contributed by atoms with van der Waals surface area (Å²) in [4.78, 5) is 25.2.